The van der Waals surface area contributed by atoms with Crippen LogP contribution in [0.3, 0.4) is 0 Å². The largest absolute Gasteiger partial charge is 0.301 e. The predicted molar refractivity (Wildman–Crippen MR) is 118 cm³/mol. The standard InChI is InChI=1S/C21H34N4O4/c1-2-3-4-5-6-7-8-9-10-11-12-13-14-17-22-23-20-16-15-19(24(26)27)18-21(20)25(28)29/h15-18,23H,2-14H2,1H3/b22-17+. The van der Waals surface area contributed by atoms with Gasteiger partial charge in [-0.2, -0.15) is 5.10 Å². The molecule has 0 spiro atoms. The summed E-state index contributed by atoms with van der Waals surface area (Å²) in [6.07, 6.45) is 18.0. The van der Waals surface area contributed by atoms with Crippen molar-refractivity contribution in [3.05, 3.63) is 38.4 Å². The van der Waals surface area contributed by atoms with Gasteiger partial charge in [0.05, 0.1) is 15.9 Å². The number of hydrogen-bond donors (Lipinski definition) is 1. The van der Waals surface area contributed by atoms with Crippen LogP contribution in [0, 0.1) is 20.2 Å². The van der Waals surface area contributed by atoms with E-state index in [4.69, 9.17) is 0 Å². The fourth-order valence-electron chi connectivity index (χ4n) is 3.14. The van der Waals surface area contributed by atoms with Crippen molar-refractivity contribution in [1.29, 1.82) is 0 Å². The van der Waals surface area contributed by atoms with Gasteiger partial charge in [-0.3, -0.25) is 25.7 Å². The molecule has 0 aliphatic carbocycles. The average Bonchev–Trinajstić information content (AvgIpc) is 2.70. The third-order valence-corrected chi connectivity index (χ3v) is 4.85. The van der Waals surface area contributed by atoms with Crippen LogP contribution in [0.2, 0.25) is 0 Å². The molecule has 0 fully saturated rings. The zero-order valence-electron chi connectivity index (χ0n) is 17.5. The molecular formula is C21H34N4O4. The van der Waals surface area contributed by atoms with Crippen LogP contribution >= 0.6 is 0 Å². The van der Waals surface area contributed by atoms with Gasteiger partial charge in [-0.25, -0.2) is 0 Å². The summed E-state index contributed by atoms with van der Waals surface area (Å²) in [6, 6.07) is 3.45. The number of benzene rings is 1. The van der Waals surface area contributed by atoms with Crippen molar-refractivity contribution in [3.8, 4) is 0 Å². The molecule has 0 atom stereocenters. The van der Waals surface area contributed by atoms with E-state index < -0.39 is 9.85 Å². The Morgan fingerprint density at radius 1 is 0.862 bits per heavy atom. The van der Waals surface area contributed by atoms with Gasteiger partial charge in [-0.15, -0.1) is 0 Å². The van der Waals surface area contributed by atoms with E-state index in [0.29, 0.717) is 0 Å². The predicted octanol–water partition coefficient (Wildman–Crippen LogP) is 6.99. The molecule has 0 aliphatic rings. The van der Waals surface area contributed by atoms with E-state index in [-0.39, 0.29) is 17.1 Å². The highest BCUT2D eigenvalue weighted by molar-refractivity contribution is 5.67. The molecule has 1 aromatic rings. The molecule has 0 saturated carbocycles. The van der Waals surface area contributed by atoms with Gasteiger partial charge in [-0.1, -0.05) is 77.6 Å². The highest BCUT2D eigenvalue weighted by atomic mass is 16.6. The van der Waals surface area contributed by atoms with Crippen LogP contribution in [-0.2, 0) is 0 Å². The highest BCUT2D eigenvalue weighted by Crippen LogP contribution is 2.28. The van der Waals surface area contributed by atoms with Gasteiger partial charge in [-0.05, 0) is 18.9 Å². The van der Waals surface area contributed by atoms with Gasteiger partial charge in [0.15, 0.2) is 0 Å². The van der Waals surface area contributed by atoms with Gasteiger partial charge in [0.2, 0.25) is 0 Å². The Morgan fingerprint density at radius 3 is 1.93 bits per heavy atom. The molecule has 0 heterocycles. The lowest BCUT2D eigenvalue weighted by Gasteiger charge is -2.03. The molecule has 0 amide bonds. The van der Waals surface area contributed by atoms with E-state index >= 15 is 0 Å². The Morgan fingerprint density at radius 2 is 1.41 bits per heavy atom. The van der Waals surface area contributed by atoms with Crippen LogP contribution < -0.4 is 5.43 Å². The lowest BCUT2D eigenvalue weighted by molar-refractivity contribution is -0.393. The first kappa shape index (κ1) is 24.5. The average molecular weight is 407 g/mol. The molecule has 0 aliphatic heterocycles. The zero-order valence-corrected chi connectivity index (χ0v) is 17.5. The summed E-state index contributed by atoms with van der Waals surface area (Å²) in [6.45, 7) is 2.24. The SMILES string of the molecule is CCCCCCCCCCCCCC/C=N/Nc1ccc([N+](=O)[O-])cc1[N+](=O)[O-]. The minimum absolute atomic E-state index is 0.145. The maximum absolute atomic E-state index is 11.0. The van der Waals surface area contributed by atoms with Crippen molar-refractivity contribution in [2.75, 3.05) is 5.43 Å². The Kier molecular flexibility index (Phi) is 13.0. The van der Waals surface area contributed by atoms with E-state index in [0.717, 1.165) is 25.3 Å². The van der Waals surface area contributed by atoms with Crippen LogP contribution in [0.25, 0.3) is 0 Å². The van der Waals surface area contributed by atoms with Crippen LogP contribution in [0.5, 0.6) is 0 Å². The number of rotatable bonds is 17. The van der Waals surface area contributed by atoms with Gasteiger partial charge >= 0.3 is 5.69 Å². The van der Waals surface area contributed by atoms with Crippen molar-refractivity contribution in [3.63, 3.8) is 0 Å². The van der Waals surface area contributed by atoms with E-state index in [9.17, 15) is 20.2 Å². The van der Waals surface area contributed by atoms with Crippen molar-refractivity contribution in [2.24, 2.45) is 5.10 Å². The van der Waals surface area contributed by atoms with E-state index in [1.54, 1.807) is 6.21 Å². The molecule has 1 N–H and O–H groups in total. The molecule has 1 aromatic carbocycles. The molecule has 0 aromatic heterocycles. The number of nitrogens with one attached hydrogen (secondary N) is 1. The molecule has 0 radical (unpaired) electrons. The topological polar surface area (TPSA) is 111 Å². The van der Waals surface area contributed by atoms with Gasteiger partial charge < -0.3 is 0 Å². The van der Waals surface area contributed by atoms with Gasteiger partial charge in [0, 0.05) is 12.3 Å². The second-order valence-electron chi connectivity index (χ2n) is 7.32. The maximum Gasteiger partial charge on any atom is 0.301 e. The Bertz CT molecular complexity index is 650. The summed E-state index contributed by atoms with van der Waals surface area (Å²) in [5, 5.41) is 25.8. The third kappa shape index (κ3) is 11.2. The highest BCUT2D eigenvalue weighted by Gasteiger charge is 2.18. The molecule has 1 rings (SSSR count). The summed E-state index contributed by atoms with van der Waals surface area (Å²) in [5.41, 5.74) is 2.08. The Balaban J connectivity index is 2.11. The lowest BCUT2D eigenvalue weighted by Crippen LogP contribution is -1.98. The molecule has 0 unspecified atom stereocenters. The van der Waals surface area contributed by atoms with Gasteiger partial charge in [0.25, 0.3) is 5.69 Å². The number of nitrogens with zero attached hydrogens (tertiary/aromatic N) is 3. The quantitative estimate of drug-likeness (QED) is 0.130. The summed E-state index contributed by atoms with van der Waals surface area (Å²) < 4.78 is 0. The Labute approximate surface area is 173 Å². The maximum atomic E-state index is 11.0. The van der Waals surface area contributed by atoms with Crippen LogP contribution in [-0.4, -0.2) is 16.1 Å². The Hall–Kier alpha value is -2.51. The second kappa shape index (κ2) is 15.4. The van der Waals surface area contributed by atoms with Crippen molar-refractivity contribution in [2.45, 2.75) is 90.4 Å². The fourth-order valence-corrected chi connectivity index (χ4v) is 3.14. The lowest BCUT2D eigenvalue weighted by atomic mass is 10.0. The first-order chi connectivity index (χ1) is 14.1. The number of non-ortho nitro benzene ring substituents is 1. The third-order valence-electron chi connectivity index (χ3n) is 4.85. The second-order valence-corrected chi connectivity index (χ2v) is 7.32. The number of nitro groups is 2. The summed E-state index contributed by atoms with van der Waals surface area (Å²) in [7, 11) is 0. The summed E-state index contributed by atoms with van der Waals surface area (Å²) >= 11 is 0. The monoisotopic (exact) mass is 406 g/mol. The van der Waals surface area contributed by atoms with Crippen LogP contribution in [0.15, 0.2) is 23.3 Å². The van der Waals surface area contributed by atoms with Crippen LogP contribution in [0.1, 0.15) is 90.4 Å². The number of anilines is 1. The fraction of sp³-hybridized carbons (Fsp3) is 0.667. The van der Waals surface area contributed by atoms with E-state index in [1.165, 1.54) is 76.3 Å². The smallest absolute Gasteiger partial charge is 0.272 e. The number of hydrazone groups is 1. The molecule has 8 heteroatoms. The molecule has 162 valence electrons. The van der Waals surface area contributed by atoms with Crippen molar-refractivity contribution < 1.29 is 9.85 Å². The molecule has 0 saturated heterocycles. The minimum atomic E-state index is -0.659. The van der Waals surface area contributed by atoms with Crippen LogP contribution in [0.4, 0.5) is 17.1 Å². The molecule has 0 bridgehead atoms. The normalized spacial score (nSPS) is 11.1. The number of unbranched alkanes of at least 4 members (excludes halogenated alkanes) is 12. The van der Waals surface area contributed by atoms with Crippen molar-refractivity contribution in [1.82, 2.24) is 0 Å². The molecule has 8 nitrogen and oxygen atoms in total. The number of hydrogen-bond acceptors (Lipinski definition) is 6. The molecule has 29 heavy (non-hydrogen) atoms. The van der Waals surface area contributed by atoms with Gasteiger partial charge in [0.1, 0.15) is 5.69 Å². The molecular weight excluding hydrogens is 372 g/mol. The first-order valence-corrected chi connectivity index (χ1v) is 10.8. The van der Waals surface area contributed by atoms with E-state index in [2.05, 4.69) is 17.5 Å². The first-order valence-electron chi connectivity index (χ1n) is 10.8. The minimum Gasteiger partial charge on any atom is -0.272 e. The zero-order chi connectivity index (χ0) is 21.3. The summed E-state index contributed by atoms with van der Waals surface area (Å²) in [5.74, 6) is 0. The number of nitro benzene ring substituents is 2. The van der Waals surface area contributed by atoms with E-state index in [1.807, 2.05) is 0 Å². The van der Waals surface area contributed by atoms with Crippen molar-refractivity contribution >= 4 is 23.3 Å². The summed E-state index contributed by atoms with van der Waals surface area (Å²) in [4.78, 5) is 20.5.